The second-order valence-corrected chi connectivity index (χ2v) is 8.23. The Morgan fingerprint density at radius 1 is 1.09 bits per heavy atom. The molecule has 0 saturated heterocycles. The number of anilines is 1. The lowest BCUT2D eigenvalue weighted by Crippen LogP contribution is -2.17. The lowest BCUT2D eigenvalue weighted by Gasteiger charge is -2.11. The number of nitrogens with zero attached hydrogens (tertiary/aromatic N) is 2. The van der Waals surface area contributed by atoms with E-state index in [1.165, 1.54) is 24.5 Å². The number of hydrogen-bond donors (Lipinski definition) is 2. The van der Waals surface area contributed by atoms with Gasteiger partial charge in [0.2, 0.25) is 5.69 Å². The average molecular weight is 456 g/mol. The molecule has 2 aromatic heterocycles. The van der Waals surface area contributed by atoms with Crippen LogP contribution >= 0.6 is 0 Å². The summed E-state index contributed by atoms with van der Waals surface area (Å²) in [5.41, 5.74) is -0.601. The highest BCUT2D eigenvalue weighted by Gasteiger charge is 2.25. The number of nitrogens with one attached hydrogen (secondary N) is 2. The van der Waals surface area contributed by atoms with Crippen LogP contribution in [0.2, 0.25) is 0 Å². The van der Waals surface area contributed by atoms with Gasteiger partial charge >= 0.3 is 0 Å². The molecule has 0 bridgehead atoms. The predicted molar refractivity (Wildman–Crippen MR) is 109 cm³/mol. The highest BCUT2D eigenvalue weighted by Crippen LogP contribution is 2.28. The van der Waals surface area contributed by atoms with Gasteiger partial charge in [0.1, 0.15) is 22.2 Å². The maximum atomic E-state index is 15.1. The maximum Gasteiger partial charge on any atom is 0.265 e. The third kappa shape index (κ3) is 3.67. The Hall–Kier alpha value is -4.17. The zero-order valence-electron chi connectivity index (χ0n) is 15.9. The monoisotopic (exact) mass is 456 g/mol. The summed E-state index contributed by atoms with van der Waals surface area (Å²) in [7, 11) is -4.69. The number of halogens is 3. The summed E-state index contributed by atoms with van der Waals surface area (Å²) >= 11 is 0. The molecule has 0 spiro atoms. The number of H-pyrrole nitrogens is 1. The number of carbonyl (C=O) groups excluding carboxylic acids is 1. The van der Waals surface area contributed by atoms with Crippen molar-refractivity contribution in [2.24, 2.45) is 0 Å². The first-order valence-electron chi connectivity index (χ1n) is 8.87. The standard InChI is InChI=1S/C21H11F3N4O3S/c1-25-12-8-14-15(10-27-21(14)26-9-12)20(29)13-3-2-4-17(19(13)24)28-32(30,31)18-7-11(22)5-6-16(18)23/h2-10,28H,(H,26,27). The van der Waals surface area contributed by atoms with E-state index in [-0.39, 0.29) is 16.6 Å². The molecule has 0 aliphatic rings. The third-order valence-corrected chi connectivity index (χ3v) is 5.94. The molecule has 0 atom stereocenters. The Kier molecular flexibility index (Phi) is 5.15. The van der Waals surface area contributed by atoms with Gasteiger partial charge in [-0.05, 0) is 36.4 Å². The van der Waals surface area contributed by atoms with Crippen LogP contribution in [0.1, 0.15) is 15.9 Å². The number of hydrogen-bond acceptors (Lipinski definition) is 4. The molecule has 160 valence electrons. The van der Waals surface area contributed by atoms with Gasteiger partial charge in [0.25, 0.3) is 10.0 Å². The molecule has 0 unspecified atom stereocenters. The Morgan fingerprint density at radius 2 is 1.88 bits per heavy atom. The van der Waals surface area contributed by atoms with Crippen LogP contribution in [0.3, 0.4) is 0 Å². The fraction of sp³-hybridized carbons (Fsp3) is 0. The van der Waals surface area contributed by atoms with Crippen molar-refractivity contribution in [2.75, 3.05) is 4.72 Å². The van der Waals surface area contributed by atoms with Crippen molar-refractivity contribution in [3.8, 4) is 0 Å². The van der Waals surface area contributed by atoms with Gasteiger partial charge in [0.15, 0.2) is 11.6 Å². The fourth-order valence-corrected chi connectivity index (χ4v) is 4.21. The first-order valence-corrected chi connectivity index (χ1v) is 10.4. The molecule has 2 aromatic carbocycles. The Bertz CT molecular complexity index is 1540. The van der Waals surface area contributed by atoms with Gasteiger partial charge in [-0.15, -0.1) is 0 Å². The highest BCUT2D eigenvalue weighted by atomic mass is 32.2. The Labute approximate surface area is 179 Å². The van der Waals surface area contributed by atoms with Crippen molar-refractivity contribution in [1.82, 2.24) is 9.97 Å². The van der Waals surface area contributed by atoms with Crippen LogP contribution in [0, 0.1) is 24.0 Å². The smallest absolute Gasteiger partial charge is 0.265 e. The molecule has 0 amide bonds. The van der Waals surface area contributed by atoms with Crippen molar-refractivity contribution in [3.63, 3.8) is 0 Å². The fourth-order valence-electron chi connectivity index (χ4n) is 3.06. The normalized spacial score (nSPS) is 11.3. The first-order chi connectivity index (χ1) is 15.2. The summed E-state index contributed by atoms with van der Waals surface area (Å²) in [6, 6.07) is 6.65. The molecular formula is C21H11F3N4O3S. The molecular weight excluding hydrogens is 445 g/mol. The van der Waals surface area contributed by atoms with Crippen molar-refractivity contribution < 1.29 is 26.4 Å². The average Bonchev–Trinajstić information content (AvgIpc) is 3.19. The minimum absolute atomic E-state index is 0.0214. The summed E-state index contributed by atoms with van der Waals surface area (Å²) in [5.74, 6) is -4.23. The number of aromatic nitrogens is 2. The van der Waals surface area contributed by atoms with Crippen LogP contribution < -0.4 is 4.72 Å². The first kappa shape index (κ1) is 21.1. The van der Waals surface area contributed by atoms with Crippen LogP contribution in [-0.4, -0.2) is 24.2 Å². The molecule has 0 radical (unpaired) electrons. The second kappa shape index (κ2) is 7.82. The molecule has 0 fully saturated rings. The van der Waals surface area contributed by atoms with E-state index in [4.69, 9.17) is 6.57 Å². The quantitative estimate of drug-likeness (QED) is 0.340. The topological polar surface area (TPSA) is 96.3 Å². The summed E-state index contributed by atoms with van der Waals surface area (Å²) in [5, 5.41) is 0.288. The Morgan fingerprint density at radius 3 is 2.62 bits per heavy atom. The Balaban J connectivity index is 1.74. The number of benzene rings is 2. The number of pyridine rings is 1. The van der Waals surface area contributed by atoms with E-state index in [2.05, 4.69) is 14.8 Å². The molecule has 4 rings (SSSR count). The number of rotatable bonds is 5. The summed E-state index contributed by atoms with van der Waals surface area (Å²) in [6.07, 6.45) is 2.60. The molecule has 2 N–H and O–H groups in total. The minimum atomic E-state index is -4.69. The van der Waals surface area contributed by atoms with Crippen LogP contribution in [0.5, 0.6) is 0 Å². The number of carbonyl (C=O) groups is 1. The molecule has 32 heavy (non-hydrogen) atoms. The van der Waals surface area contributed by atoms with Crippen LogP contribution in [0.4, 0.5) is 24.5 Å². The van der Waals surface area contributed by atoms with Gasteiger partial charge in [-0.1, -0.05) is 6.07 Å². The molecule has 4 aromatic rings. The van der Waals surface area contributed by atoms with Gasteiger partial charge in [-0.2, -0.15) is 0 Å². The maximum absolute atomic E-state index is 15.1. The van der Waals surface area contributed by atoms with Crippen LogP contribution in [0.15, 0.2) is 59.8 Å². The molecule has 0 saturated carbocycles. The number of ketones is 1. The number of fused-ring (bicyclic) bond motifs is 1. The number of sulfonamides is 1. The van der Waals surface area contributed by atoms with Crippen LogP contribution in [-0.2, 0) is 10.0 Å². The lowest BCUT2D eigenvalue weighted by atomic mass is 10.0. The molecule has 11 heteroatoms. The van der Waals surface area contributed by atoms with Gasteiger partial charge in [-0.25, -0.2) is 26.4 Å². The summed E-state index contributed by atoms with van der Waals surface area (Å²) in [4.78, 5) is 22.0. The van der Waals surface area contributed by atoms with Gasteiger partial charge < -0.3 is 4.98 Å². The predicted octanol–water partition coefficient (Wildman–Crippen LogP) is 4.56. The van der Waals surface area contributed by atoms with Gasteiger partial charge in [-0.3, -0.25) is 14.5 Å². The van der Waals surface area contributed by atoms with Gasteiger partial charge in [0.05, 0.1) is 17.8 Å². The minimum Gasteiger partial charge on any atom is -0.345 e. The highest BCUT2D eigenvalue weighted by molar-refractivity contribution is 7.92. The largest absolute Gasteiger partial charge is 0.345 e. The van der Waals surface area contributed by atoms with Gasteiger partial charge in [0, 0.05) is 23.3 Å². The third-order valence-electron chi connectivity index (χ3n) is 4.56. The van der Waals surface area contributed by atoms with E-state index in [1.54, 1.807) is 0 Å². The van der Waals surface area contributed by atoms with E-state index in [1.807, 2.05) is 4.72 Å². The summed E-state index contributed by atoms with van der Waals surface area (Å²) < 4.78 is 69.2. The zero-order valence-corrected chi connectivity index (χ0v) is 16.7. The van der Waals surface area contributed by atoms with E-state index in [9.17, 15) is 22.0 Å². The lowest BCUT2D eigenvalue weighted by molar-refractivity contribution is 0.103. The summed E-state index contributed by atoms with van der Waals surface area (Å²) in [6.45, 7) is 7.07. The number of aromatic amines is 1. The van der Waals surface area contributed by atoms with Crippen LogP contribution in [0.25, 0.3) is 15.9 Å². The zero-order chi connectivity index (χ0) is 23.0. The molecule has 0 aliphatic carbocycles. The van der Waals surface area contributed by atoms with Crippen molar-refractivity contribution in [2.45, 2.75) is 4.90 Å². The van der Waals surface area contributed by atoms with E-state index >= 15 is 4.39 Å². The molecule has 2 heterocycles. The molecule has 0 aliphatic heterocycles. The van der Waals surface area contributed by atoms with Crippen molar-refractivity contribution >= 4 is 38.2 Å². The van der Waals surface area contributed by atoms with E-state index < -0.39 is 49.4 Å². The van der Waals surface area contributed by atoms with E-state index in [0.717, 1.165) is 18.2 Å². The van der Waals surface area contributed by atoms with Crippen molar-refractivity contribution in [3.05, 3.63) is 94.9 Å². The molecule has 7 nitrogen and oxygen atoms in total. The van der Waals surface area contributed by atoms with E-state index in [0.29, 0.717) is 17.8 Å². The SMILES string of the molecule is [C-]#[N+]c1cnc2[nH]cc(C(=O)c3cccc(NS(=O)(=O)c4cc(F)ccc4F)c3F)c2c1. The second-order valence-electron chi connectivity index (χ2n) is 6.58. The van der Waals surface area contributed by atoms with Crippen molar-refractivity contribution in [1.29, 1.82) is 0 Å².